The molecule has 1 saturated carbocycles. The Bertz CT molecular complexity index is 360. The molecule has 0 radical (unpaired) electrons. The third-order valence-electron chi connectivity index (χ3n) is 3.87. The Morgan fingerprint density at radius 2 is 1.78 bits per heavy atom. The van der Waals surface area contributed by atoms with Gasteiger partial charge in [0, 0.05) is 12.8 Å². The van der Waals surface area contributed by atoms with E-state index < -0.39 is 30.0 Å². The van der Waals surface area contributed by atoms with Crippen molar-refractivity contribution in [1.29, 1.82) is 0 Å². The largest absolute Gasteiger partial charge is 0.506 e. The van der Waals surface area contributed by atoms with Gasteiger partial charge in [-0.05, 0) is 12.8 Å². The van der Waals surface area contributed by atoms with E-state index in [0.717, 1.165) is 25.7 Å². The average Bonchev–Trinajstić information content (AvgIpc) is 2.88. The normalized spacial score (nSPS) is 39.7. The highest BCUT2D eigenvalue weighted by Gasteiger charge is 2.49. The summed E-state index contributed by atoms with van der Waals surface area (Å²) in [5.41, 5.74) is 0. The molecule has 102 valence electrons. The summed E-state index contributed by atoms with van der Waals surface area (Å²) in [4.78, 5) is 0. The lowest BCUT2D eigenvalue weighted by atomic mass is 9.94. The molecule has 3 atom stereocenters. The van der Waals surface area contributed by atoms with Crippen LogP contribution in [-0.2, 0) is 14.2 Å². The van der Waals surface area contributed by atoms with Crippen LogP contribution in [0.5, 0.6) is 0 Å². The van der Waals surface area contributed by atoms with Crippen LogP contribution >= 0.6 is 0 Å². The molecule has 3 aliphatic rings. The Hall–Kier alpha value is -0.820. The van der Waals surface area contributed by atoms with E-state index in [0.29, 0.717) is 6.61 Å². The third-order valence-corrected chi connectivity index (χ3v) is 3.87. The minimum atomic E-state index is -1.47. The fraction of sp³-hybridized carbons (Fsp3) is 0.833. The number of aliphatic hydroxyl groups is 3. The monoisotopic (exact) mass is 258 g/mol. The lowest BCUT2D eigenvalue weighted by Gasteiger charge is -2.32. The zero-order valence-electron chi connectivity index (χ0n) is 10.0. The molecule has 18 heavy (non-hydrogen) atoms. The molecule has 0 aromatic carbocycles. The molecule has 6 heteroatoms. The maximum atomic E-state index is 9.68. The van der Waals surface area contributed by atoms with Crippen molar-refractivity contribution in [1.82, 2.24) is 0 Å². The van der Waals surface area contributed by atoms with Crippen LogP contribution in [0.25, 0.3) is 0 Å². The van der Waals surface area contributed by atoms with Crippen LogP contribution in [0.1, 0.15) is 32.1 Å². The van der Waals surface area contributed by atoms with Crippen molar-refractivity contribution in [3.63, 3.8) is 0 Å². The number of rotatable bonds is 1. The Balaban J connectivity index is 1.69. The van der Waals surface area contributed by atoms with E-state index in [1.165, 1.54) is 6.42 Å². The predicted molar refractivity (Wildman–Crippen MR) is 59.8 cm³/mol. The van der Waals surface area contributed by atoms with Crippen molar-refractivity contribution in [2.45, 2.75) is 56.4 Å². The van der Waals surface area contributed by atoms with Gasteiger partial charge >= 0.3 is 0 Å². The highest BCUT2D eigenvalue weighted by molar-refractivity contribution is 5.15. The molecule has 6 nitrogen and oxygen atoms in total. The summed E-state index contributed by atoms with van der Waals surface area (Å²) >= 11 is 0. The fourth-order valence-electron chi connectivity index (χ4n) is 2.88. The summed E-state index contributed by atoms with van der Waals surface area (Å²) in [6.45, 7) is 0.300. The van der Waals surface area contributed by atoms with E-state index in [1.807, 2.05) is 0 Å². The summed E-state index contributed by atoms with van der Waals surface area (Å²) in [6.07, 6.45) is 2.20. The van der Waals surface area contributed by atoms with Crippen LogP contribution in [0.15, 0.2) is 11.5 Å². The van der Waals surface area contributed by atoms with Crippen LogP contribution in [0.3, 0.4) is 0 Å². The van der Waals surface area contributed by atoms with Crippen LogP contribution < -0.4 is 0 Å². The molecule has 0 aromatic heterocycles. The highest BCUT2D eigenvalue weighted by Crippen LogP contribution is 2.40. The van der Waals surface area contributed by atoms with E-state index in [-0.39, 0.29) is 5.76 Å². The van der Waals surface area contributed by atoms with Crippen LogP contribution in [0, 0.1) is 0 Å². The van der Waals surface area contributed by atoms with Gasteiger partial charge in [-0.25, -0.2) is 0 Å². The molecule has 2 heterocycles. The first-order valence-corrected chi connectivity index (χ1v) is 6.39. The molecule has 1 spiro atoms. The molecule has 0 aromatic rings. The average molecular weight is 258 g/mol. The number of hydrogen-bond acceptors (Lipinski definition) is 6. The minimum Gasteiger partial charge on any atom is -0.506 e. The summed E-state index contributed by atoms with van der Waals surface area (Å²) in [5, 5.41) is 28.4. The molecule has 1 saturated heterocycles. The van der Waals surface area contributed by atoms with Gasteiger partial charge in [0.05, 0.1) is 6.61 Å². The maximum absolute atomic E-state index is 9.68. The maximum Gasteiger partial charge on any atom is 0.218 e. The van der Waals surface area contributed by atoms with Gasteiger partial charge in [0.1, 0.15) is 12.2 Å². The summed E-state index contributed by atoms with van der Waals surface area (Å²) in [5.74, 6) is -1.45. The van der Waals surface area contributed by atoms with Crippen LogP contribution in [0.4, 0.5) is 0 Å². The summed E-state index contributed by atoms with van der Waals surface area (Å²) in [7, 11) is 0. The van der Waals surface area contributed by atoms with Crippen LogP contribution in [-0.4, -0.2) is 46.2 Å². The molecular weight excluding hydrogens is 240 g/mol. The molecular formula is C12H18O6. The molecule has 3 rings (SSSR count). The topological polar surface area (TPSA) is 88.4 Å². The SMILES string of the molecule is OC1=C(O)C(C2COC3(CCCCC3)O2)OC1O. The summed E-state index contributed by atoms with van der Waals surface area (Å²) in [6, 6.07) is 0. The van der Waals surface area contributed by atoms with Gasteiger partial charge in [0.25, 0.3) is 0 Å². The molecule has 2 fully saturated rings. The van der Waals surface area contributed by atoms with Gasteiger partial charge in [0.2, 0.25) is 6.29 Å². The first-order chi connectivity index (χ1) is 8.61. The Morgan fingerprint density at radius 3 is 2.39 bits per heavy atom. The van der Waals surface area contributed by atoms with Gasteiger partial charge < -0.3 is 29.5 Å². The van der Waals surface area contributed by atoms with Gasteiger partial charge in [0.15, 0.2) is 17.3 Å². The zero-order chi connectivity index (χ0) is 12.8. The molecule has 3 N–H and O–H groups in total. The van der Waals surface area contributed by atoms with E-state index in [2.05, 4.69) is 0 Å². The van der Waals surface area contributed by atoms with Crippen molar-refractivity contribution >= 4 is 0 Å². The van der Waals surface area contributed by atoms with Crippen molar-refractivity contribution in [3.05, 3.63) is 11.5 Å². The van der Waals surface area contributed by atoms with Crippen LogP contribution in [0.2, 0.25) is 0 Å². The van der Waals surface area contributed by atoms with Crippen molar-refractivity contribution in [2.24, 2.45) is 0 Å². The lowest BCUT2D eigenvalue weighted by Crippen LogP contribution is -2.37. The van der Waals surface area contributed by atoms with E-state index in [1.54, 1.807) is 0 Å². The van der Waals surface area contributed by atoms with Gasteiger partial charge in [-0.3, -0.25) is 0 Å². The molecule has 2 aliphatic heterocycles. The lowest BCUT2D eigenvalue weighted by molar-refractivity contribution is -0.204. The number of ether oxygens (including phenoxy) is 3. The second-order valence-corrected chi connectivity index (χ2v) is 5.12. The van der Waals surface area contributed by atoms with E-state index >= 15 is 0 Å². The smallest absolute Gasteiger partial charge is 0.218 e. The predicted octanol–water partition coefficient (Wildman–Crippen LogP) is 1.11. The second kappa shape index (κ2) is 4.38. The van der Waals surface area contributed by atoms with Gasteiger partial charge in [-0.2, -0.15) is 0 Å². The fourth-order valence-corrected chi connectivity index (χ4v) is 2.88. The zero-order valence-corrected chi connectivity index (χ0v) is 10.0. The van der Waals surface area contributed by atoms with E-state index in [4.69, 9.17) is 14.2 Å². The highest BCUT2D eigenvalue weighted by atomic mass is 16.8. The Labute approximate surface area is 105 Å². The molecule has 1 aliphatic carbocycles. The molecule has 3 unspecified atom stereocenters. The second-order valence-electron chi connectivity index (χ2n) is 5.12. The summed E-state index contributed by atoms with van der Waals surface area (Å²) < 4.78 is 16.7. The first kappa shape index (κ1) is 12.2. The number of aliphatic hydroxyl groups excluding tert-OH is 3. The van der Waals surface area contributed by atoms with Gasteiger partial charge in [-0.15, -0.1) is 0 Å². The first-order valence-electron chi connectivity index (χ1n) is 6.39. The third kappa shape index (κ3) is 1.89. The van der Waals surface area contributed by atoms with Crippen molar-refractivity contribution in [3.8, 4) is 0 Å². The molecule has 0 amide bonds. The quantitative estimate of drug-likeness (QED) is 0.653. The number of hydrogen-bond donors (Lipinski definition) is 3. The molecule has 0 bridgehead atoms. The van der Waals surface area contributed by atoms with E-state index in [9.17, 15) is 15.3 Å². The Kier molecular flexibility index (Phi) is 2.97. The Morgan fingerprint density at radius 1 is 1.06 bits per heavy atom. The standard InChI is InChI=1S/C12H18O6/c13-8-9(14)11(15)17-10(8)7-6-16-12(18-7)4-2-1-3-5-12/h7,10-11,13-15H,1-6H2. The van der Waals surface area contributed by atoms with Crippen molar-refractivity contribution in [2.75, 3.05) is 6.61 Å². The minimum absolute atomic E-state index is 0.300. The van der Waals surface area contributed by atoms with Crippen molar-refractivity contribution < 1.29 is 29.5 Å². The van der Waals surface area contributed by atoms with Gasteiger partial charge in [-0.1, -0.05) is 6.42 Å².